The summed E-state index contributed by atoms with van der Waals surface area (Å²) in [6, 6.07) is 0. The van der Waals surface area contributed by atoms with Gasteiger partial charge in [0.05, 0.1) is 5.92 Å². The van der Waals surface area contributed by atoms with Crippen molar-refractivity contribution >= 4 is 24.5 Å². The molecule has 5 heteroatoms. The average molecular weight is 233 g/mol. The monoisotopic (exact) mass is 233 g/mol. The molecule has 0 aromatic carbocycles. The molecule has 0 aliphatic heterocycles. The van der Waals surface area contributed by atoms with Crippen LogP contribution in [0.1, 0.15) is 20.8 Å². The Morgan fingerprint density at radius 3 is 2.20 bits per heavy atom. The third kappa shape index (κ3) is 15.8. The average Bonchev–Trinajstić information content (AvgIpc) is 2.16. The van der Waals surface area contributed by atoms with Gasteiger partial charge in [-0.15, -0.1) is 0 Å². The maximum atomic E-state index is 10.1. The van der Waals surface area contributed by atoms with Crippen LogP contribution in [0.5, 0.6) is 0 Å². The van der Waals surface area contributed by atoms with Gasteiger partial charge in [0.15, 0.2) is 0 Å². The summed E-state index contributed by atoms with van der Waals surface area (Å²) in [6.45, 7) is 5.60. The van der Waals surface area contributed by atoms with Gasteiger partial charge < -0.3 is 10.4 Å². The molecule has 4 nitrogen and oxygen atoms in total. The van der Waals surface area contributed by atoms with Crippen LogP contribution in [0.15, 0.2) is 12.2 Å². The lowest BCUT2D eigenvalue weighted by molar-refractivity contribution is -0.139. The van der Waals surface area contributed by atoms with Crippen molar-refractivity contribution in [1.82, 2.24) is 5.32 Å². The van der Waals surface area contributed by atoms with Crippen LogP contribution in [0.25, 0.3) is 0 Å². The number of amides is 1. The van der Waals surface area contributed by atoms with E-state index in [9.17, 15) is 9.59 Å². The molecule has 0 spiro atoms. The van der Waals surface area contributed by atoms with E-state index < -0.39 is 5.97 Å². The smallest absolute Gasteiger partial charge is 0.310 e. The van der Waals surface area contributed by atoms with Crippen molar-refractivity contribution in [3.63, 3.8) is 0 Å². The van der Waals surface area contributed by atoms with E-state index in [1.165, 1.54) is 6.92 Å². The number of carbonyl (C=O) groups is 2. The lowest BCUT2D eigenvalue weighted by atomic mass is 10.2. The predicted octanol–water partition coefficient (Wildman–Crippen LogP) is 1.34. The Morgan fingerprint density at radius 1 is 1.53 bits per heavy atom. The van der Waals surface area contributed by atoms with E-state index in [1.54, 1.807) is 26.0 Å². The van der Waals surface area contributed by atoms with Crippen LogP contribution in [0.2, 0.25) is 0 Å². The molecule has 15 heavy (non-hydrogen) atoms. The fourth-order valence-corrected chi connectivity index (χ4v) is 0.715. The number of aliphatic carboxylic acids is 1. The Hall–Kier alpha value is -0.970. The van der Waals surface area contributed by atoms with Gasteiger partial charge in [-0.25, -0.2) is 0 Å². The van der Waals surface area contributed by atoms with Gasteiger partial charge in [-0.2, -0.15) is 12.6 Å². The van der Waals surface area contributed by atoms with Crippen LogP contribution in [0, 0.1) is 5.92 Å². The van der Waals surface area contributed by atoms with Crippen LogP contribution in [0.4, 0.5) is 0 Å². The van der Waals surface area contributed by atoms with Crippen LogP contribution in [-0.2, 0) is 9.59 Å². The van der Waals surface area contributed by atoms with Gasteiger partial charge in [0.2, 0.25) is 5.91 Å². The number of nitrogens with one attached hydrogen (secondary N) is 1. The maximum Gasteiger partial charge on any atom is 0.310 e. The zero-order valence-corrected chi connectivity index (χ0v) is 10.3. The zero-order chi connectivity index (χ0) is 12.3. The summed E-state index contributed by atoms with van der Waals surface area (Å²) in [4.78, 5) is 20.1. The highest BCUT2D eigenvalue weighted by Crippen LogP contribution is 1.94. The largest absolute Gasteiger partial charge is 0.481 e. The molecule has 0 heterocycles. The fraction of sp³-hybridized carbons (Fsp3) is 0.600. The third-order valence-electron chi connectivity index (χ3n) is 1.36. The molecule has 0 aromatic rings. The van der Waals surface area contributed by atoms with E-state index in [0.29, 0.717) is 12.3 Å². The first-order valence-electron chi connectivity index (χ1n) is 4.66. The summed E-state index contributed by atoms with van der Waals surface area (Å²) >= 11 is 3.88. The van der Waals surface area contributed by atoms with Gasteiger partial charge in [0, 0.05) is 19.2 Å². The number of rotatable bonds is 4. The van der Waals surface area contributed by atoms with Crippen LogP contribution in [-0.4, -0.2) is 29.3 Å². The second-order valence-electron chi connectivity index (χ2n) is 2.86. The highest BCUT2D eigenvalue weighted by Gasteiger charge is 2.03. The third-order valence-corrected chi connectivity index (χ3v) is 1.58. The number of carbonyl (C=O) groups excluding carboxylic acids is 1. The molecule has 0 saturated carbocycles. The van der Waals surface area contributed by atoms with Crippen molar-refractivity contribution in [3.8, 4) is 0 Å². The Morgan fingerprint density at radius 2 is 2.07 bits per heavy atom. The van der Waals surface area contributed by atoms with E-state index in [4.69, 9.17) is 5.11 Å². The van der Waals surface area contributed by atoms with Gasteiger partial charge in [0.1, 0.15) is 0 Å². The van der Waals surface area contributed by atoms with E-state index in [1.807, 2.05) is 0 Å². The van der Waals surface area contributed by atoms with Crippen LogP contribution in [0.3, 0.4) is 0 Å². The normalized spacial score (nSPS) is 11.5. The van der Waals surface area contributed by atoms with Gasteiger partial charge in [-0.1, -0.05) is 12.2 Å². The summed E-state index contributed by atoms with van der Waals surface area (Å²) in [5.74, 6) is -0.406. The van der Waals surface area contributed by atoms with Gasteiger partial charge in [-0.3, -0.25) is 9.59 Å². The minimum atomic E-state index is -0.775. The molecule has 1 atom stereocenters. The number of thiol groups is 1. The zero-order valence-electron chi connectivity index (χ0n) is 9.36. The second-order valence-corrected chi connectivity index (χ2v) is 3.31. The Kier molecular flexibility index (Phi) is 12.2. The highest BCUT2D eigenvalue weighted by atomic mass is 32.1. The molecule has 1 amide bonds. The van der Waals surface area contributed by atoms with E-state index >= 15 is 0 Å². The minimum absolute atomic E-state index is 0.00838. The summed E-state index contributed by atoms with van der Waals surface area (Å²) in [7, 11) is 0. The summed E-state index contributed by atoms with van der Waals surface area (Å²) < 4.78 is 0. The Labute approximate surface area is 96.2 Å². The van der Waals surface area contributed by atoms with Crippen molar-refractivity contribution in [1.29, 1.82) is 0 Å². The van der Waals surface area contributed by atoms with Crippen LogP contribution < -0.4 is 5.32 Å². The number of carboxylic acids is 1. The maximum absolute atomic E-state index is 10.1. The minimum Gasteiger partial charge on any atom is -0.481 e. The second kappa shape index (κ2) is 11.1. The quantitative estimate of drug-likeness (QED) is 0.507. The van der Waals surface area contributed by atoms with E-state index in [0.717, 1.165) is 0 Å². The molecule has 0 fully saturated rings. The first-order valence-corrected chi connectivity index (χ1v) is 5.29. The Balaban J connectivity index is 0. The first-order chi connectivity index (χ1) is 6.95. The number of hydrogen-bond acceptors (Lipinski definition) is 3. The standard InChI is InChI=1S/C6H10O2.C4H9NOS/c1-3-4-5(2)6(7)8;1-4(6)5-2-3-7/h3-5H,1-2H3,(H,7,8);7H,2-3H2,1H3,(H,5,6)/b4-3+;. The number of hydrogen-bond donors (Lipinski definition) is 3. The first kappa shape index (κ1) is 16.5. The van der Waals surface area contributed by atoms with Crippen molar-refractivity contribution in [2.75, 3.05) is 12.3 Å². The van der Waals surface area contributed by atoms with Gasteiger partial charge in [-0.05, 0) is 13.8 Å². The molecule has 0 rings (SSSR count). The molecular weight excluding hydrogens is 214 g/mol. The van der Waals surface area contributed by atoms with Crippen molar-refractivity contribution in [3.05, 3.63) is 12.2 Å². The lowest BCUT2D eigenvalue weighted by Crippen LogP contribution is -2.21. The van der Waals surface area contributed by atoms with Crippen molar-refractivity contribution in [2.45, 2.75) is 20.8 Å². The van der Waals surface area contributed by atoms with Crippen LogP contribution >= 0.6 is 12.6 Å². The SMILES string of the molecule is C/C=C/C(C)C(=O)O.CC(=O)NCCS. The molecule has 2 N–H and O–H groups in total. The Bertz CT molecular complexity index is 217. The molecule has 0 saturated heterocycles. The molecule has 1 unspecified atom stereocenters. The van der Waals surface area contributed by atoms with Gasteiger partial charge >= 0.3 is 5.97 Å². The molecule has 0 aromatic heterocycles. The summed E-state index contributed by atoms with van der Waals surface area (Å²) in [5, 5.41) is 10.8. The van der Waals surface area contributed by atoms with E-state index in [2.05, 4.69) is 17.9 Å². The predicted molar refractivity (Wildman–Crippen MR) is 64.2 cm³/mol. The summed E-state index contributed by atoms with van der Waals surface area (Å²) in [5.41, 5.74) is 0. The molecule has 0 aliphatic rings. The molecule has 88 valence electrons. The van der Waals surface area contributed by atoms with Crippen molar-refractivity contribution in [2.24, 2.45) is 5.92 Å². The van der Waals surface area contributed by atoms with Crippen molar-refractivity contribution < 1.29 is 14.7 Å². The molecular formula is C10H19NO3S. The number of carboxylic acid groups (broad SMARTS) is 1. The topological polar surface area (TPSA) is 66.4 Å². The molecule has 0 bridgehead atoms. The fourth-order valence-electron chi connectivity index (χ4n) is 0.603. The molecule has 0 aliphatic carbocycles. The highest BCUT2D eigenvalue weighted by molar-refractivity contribution is 7.80. The number of allylic oxidation sites excluding steroid dienone is 1. The van der Waals surface area contributed by atoms with E-state index in [-0.39, 0.29) is 11.8 Å². The summed E-state index contributed by atoms with van der Waals surface area (Å²) in [6.07, 6.45) is 3.38. The van der Waals surface area contributed by atoms with Gasteiger partial charge in [0.25, 0.3) is 0 Å². The molecule has 0 radical (unpaired) electrons. The lowest BCUT2D eigenvalue weighted by Gasteiger charge is -1.93.